The SMILES string of the molecule is C=C(C)C1CCC(C)CC1CC(=O)O. The van der Waals surface area contributed by atoms with Crippen molar-refractivity contribution in [1.82, 2.24) is 0 Å². The van der Waals surface area contributed by atoms with Gasteiger partial charge >= 0.3 is 5.97 Å². The van der Waals surface area contributed by atoms with Crippen molar-refractivity contribution in [3.8, 4) is 0 Å². The zero-order valence-electron chi connectivity index (χ0n) is 9.12. The molecule has 1 rings (SSSR count). The highest BCUT2D eigenvalue weighted by atomic mass is 16.4. The van der Waals surface area contributed by atoms with Crippen molar-refractivity contribution in [3.05, 3.63) is 12.2 Å². The molecule has 0 saturated heterocycles. The van der Waals surface area contributed by atoms with Crippen LogP contribution in [0, 0.1) is 17.8 Å². The summed E-state index contributed by atoms with van der Waals surface area (Å²) in [6, 6.07) is 0. The lowest BCUT2D eigenvalue weighted by molar-refractivity contribution is -0.138. The molecule has 0 aromatic rings. The second-order valence-electron chi connectivity index (χ2n) is 4.73. The van der Waals surface area contributed by atoms with E-state index in [1.54, 1.807) is 0 Å². The lowest BCUT2D eigenvalue weighted by Crippen LogP contribution is -2.26. The molecule has 3 unspecified atom stereocenters. The maximum Gasteiger partial charge on any atom is 0.303 e. The molecule has 1 saturated carbocycles. The third kappa shape index (κ3) is 2.86. The fourth-order valence-corrected chi connectivity index (χ4v) is 2.60. The van der Waals surface area contributed by atoms with Crippen LogP contribution in [0.1, 0.15) is 39.5 Å². The van der Waals surface area contributed by atoms with Crippen LogP contribution in [0.25, 0.3) is 0 Å². The van der Waals surface area contributed by atoms with E-state index in [2.05, 4.69) is 13.5 Å². The molecule has 0 amide bonds. The minimum absolute atomic E-state index is 0.307. The van der Waals surface area contributed by atoms with E-state index in [9.17, 15) is 4.79 Å². The van der Waals surface area contributed by atoms with Crippen LogP contribution >= 0.6 is 0 Å². The Morgan fingerprint density at radius 3 is 2.64 bits per heavy atom. The quantitative estimate of drug-likeness (QED) is 0.704. The molecular formula is C12H20O2. The summed E-state index contributed by atoms with van der Waals surface area (Å²) in [4.78, 5) is 10.7. The van der Waals surface area contributed by atoms with Crippen LogP contribution in [0.15, 0.2) is 12.2 Å². The first-order valence-corrected chi connectivity index (χ1v) is 5.38. The number of carboxylic acids is 1. The second-order valence-corrected chi connectivity index (χ2v) is 4.73. The Morgan fingerprint density at radius 1 is 1.50 bits per heavy atom. The first-order chi connectivity index (χ1) is 6.50. The molecule has 3 atom stereocenters. The Kier molecular flexibility index (Phi) is 3.73. The van der Waals surface area contributed by atoms with E-state index in [0.29, 0.717) is 24.2 Å². The fourth-order valence-electron chi connectivity index (χ4n) is 2.60. The van der Waals surface area contributed by atoms with Crippen LogP contribution < -0.4 is 0 Å². The van der Waals surface area contributed by atoms with Crippen LogP contribution in [-0.2, 0) is 4.79 Å². The average molecular weight is 196 g/mol. The van der Waals surface area contributed by atoms with E-state index < -0.39 is 5.97 Å². The first-order valence-electron chi connectivity index (χ1n) is 5.38. The van der Waals surface area contributed by atoms with Gasteiger partial charge in [-0.25, -0.2) is 0 Å². The summed E-state index contributed by atoms with van der Waals surface area (Å²) in [5, 5.41) is 8.82. The van der Waals surface area contributed by atoms with Crippen LogP contribution in [0.5, 0.6) is 0 Å². The van der Waals surface area contributed by atoms with Crippen molar-refractivity contribution in [1.29, 1.82) is 0 Å². The summed E-state index contributed by atoms with van der Waals surface area (Å²) in [5.74, 6) is 0.751. The standard InChI is InChI=1S/C12H20O2/c1-8(2)11-5-4-9(3)6-10(11)7-12(13)14/h9-11H,1,4-7H2,2-3H3,(H,13,14). The number of carboxylic acid groups (broad SMARTS) is 1. The summed E-state index contributed by atoms with van der Waals surface area (Å²) in [6.45, 7) is 8.20. The Morgan fingerprint density at radius 2 is 2.14 bits per heavy atom. The molecule has 0 aromatic heterocycles. The normalized spacial score (nSPS) is 32.6. The van der Waals surface area contributed by atoms with Gasteiger partial charge in [0.1, 0.15) is 0 Å². The number of aliphatic carboxylic acids is 1. The number of rotatable bonds is 3. The van der Waals surface area contributed by atoms with Crippen molar-refractivity contribution in [2.24, 2.45) is 17.8 Å². The van der Waals surface area contributed by atoms with Crippen LogP contribution in [-0.4, -0.2) is 11.1 Å². The molecule has 0 spiro atoms. The van der Waals surface area contributed by atoms with Gasteiger partial charge in [0, 0.05) is 6.42 Å². The molecule has 1 fully saturated rings. The highest BCUT2D eigenvalue weighted by Gasteiger charge is 2.30. The van der Waals surface area contributed by atoms with E-state index in [1.165, 1.54) is 6.42 Å². The Hall–Kier alpha value is -0.790. The smallest absolute Gasteiger partial charge is 0.303 e. The van der Waals surface area contributed by atoms with Gasteiger partial charge in [-0.1, -0.05) is 25.5 Å². The minimum Gasteiger partial charge on any atom is -0.481 e. The van der Waals surface area contributed by atoms with E-state index in [1.807, 2.05) is 6.92 Å². The molecule has 0 aliphatic heterocycles. The van der Waals surface area contributed by atoms with Crippen LogP contribution in [0.4, 0.5) is 0 Å². The number of allylic oxidation sites excluding steroid dienone is 1. The monoisotopic (exact) mass is 196 g/mol. The number of hydrogen-bond acceptors (Lipinski definition) is 1. The van der Waals surface area contributed by atoms with E-state index in [-0.39, 0.29) is 0 Å². The Balaban J connectivity index is 2.63. The summed E-state index contributed by atoms with van der Waals surface area (Å²) >= 11 is 0. The molecule has 1 aliphatic rings. The van der Waals surface area contributed by atoms with Gasteiger partial charge in [0.15, 0.2) is 0 Å². The summed E-state index contributed by atoms with van der Waals surface area (Å²) in [6.07, 6.45) is 3.69. The van der Waals surface area contributed by atoms with Gasteiger partial charge in [0.25, 0.3) is 0 Å². The molecular weight excluding hydrogens is 176 g/mol. The first kappa shape index (κ1) is 11.3. The third-order valence-electron chi connectivity index (χ3n) is 3.31. The van der Waals surface area contributed by atoms with Crippen LogP contribution in [0.2, 0.25) is 0 Å². The molecule has 14 heavy (non-hydrogen) atoms. The van der Waals surface area contributed by atoms with Gasteiger partial charge in [-0.05, 0) is 37.5 Å². The Bertz CT molecular complexity index is 232. The molecule has 0 radical (unpaired) electrons. The van der Waals surface area contributed by atoms with Crippen molar-refractivity contribution in [3.63, 3.8) is 0 Å². The molecule has 1 aliphatic carbocycles. The van der Waals surface area contributed by atoms with E-state index in [0.717, 1.165) is 18.4 Å². The second kappa shape index (κ2) is 4.63. The van der Waals surface area contributed by atoms with Crippen LogP contribution in [0.3, 0.4) is 0 Å². The fraction of sp³-hybridized carbons (Fsp3) is 0.750. The van der Waals surface area contributed by atoms with Gasteiger partial charge in [-0.3, -0.25) is 4.79 Å². The highest BCUT2D eigenvalue weighted by Crippen LogP contribution is 2.38. The highest BCUT2D eigenvalue weighted by molar-refractivity contribution is 5.67. The number of carbonyl (C=O) groups is 1. The summed E-state index contributed by atoms with van der Waals surface area (Å²) < 4.78 is 0. The van der Waals surface area contributed by atoms with Gasteiger partial charge in [0.05, 0.1) is 0 Å². The van der Waals surface area contributed by atoms with Gasteiger partial charge in [-0.2, -0.15) is 0 Å². The molecule has 80 valence electrons. The molecule has 2 nitrogen and oxygen atoms in total. The maximum atomic E-state index is 10.7. The van der Waals surface area contributed by atoms with Crippen molar-refractivity contribution >= 4 is 5.97 Å². The topological polar surface area (TPSA) is 37.3 Å². The van der Waals surface area contributed by atoms with Crippen molar-refractivity contribution in [2.45, 2.75) is 39.5 Å². The molecule has 0 heterocycles. The predicted molar refractivity (Wildman–Crippen MR) is 57.1 cm³/mol. The third-order valence-corrected chi connectivity index (χ3v) is 3.31. The molecule has 2 heteroatoms. The van der Waals surface area contributed by atoms with Gasteiger partial charge in [-0.15, -0.1) is 0 Å². The molecule has 0 aromatic carbocycles. The van der Waals surface area contributed by atoms with E-state index in [4.69, 9.17) is 5.11 Å². The summed E-state index contributed by atoms with van der Waals surface area (Å²) in [7, 11) is 0. The maximum absolute atomic E-state index is 10.7. The van der Waals surface area contributed by atoms with Crippen molar-refractivity contribution < 1.29 is 9.90 Å². The molecule has 1 N–H and O–H groups in total. The molecule has 0 bridgehead atoms. The lowest BCUT2D eigenvalue weighted by atomic mass is 9.71. The average Bonchev–Trinajstić information content (AvgIpc) is 2.01. The van der Waals surface area contributed by atoms with Gasteiger partial charge in [0.2, 0.25) is 0 Å². The lowest BCUT2D eigenvalue weighted by Gasteiger charge is -2.34. The summed E-state index contributed by atoms with van der Waals surface area (Å²) in [5.41, 5.74) is 1.16. The minimum atomic E-state index is -0.671. The zero-order valence-corrected chi connectivity index (χ0v) is 9.12. The zero-order chi connectivity index (χ0) is 10.7. The predicted octanol–water partition coefficient (Wildman–Crippen LogP) is 3.09. The largest absolute Gasteiger partial charge is 0.481 e. The Labute approximate surface area is 86.0 Å². The number of hydrogen-bond donors (Lipinski definition) is 1. The van der Waals surface area contributed by atoms with Crippen molar-refractivity contribution in [2.75, 3.05) is 0 Å². The van der Waals surface area contributed by atoms with E-state index >= 15 is 0 Å². The van der Waals surface area contributed by atoms with Gasteiger partial charge < -0.3 is 5.11 Å².